The number of ether oxygens (including phenoxy) is 1. The van der Waals surface area contributed by atoms with E-state index in [1.54, 1.807) is 0 Å². The summed E-state index contributed by atoms with van der Waals surface area (Å²) in [5, 5.41) is 0. The first-order valence-electron chi connectivity index (χ1n) is 1.58. The van der Waals surface area contributed by atoms with Gasteiger partial charge in [-0.05, 0) is 0 Å². The first-order valence-corrected chi connectivity index (χ1v) is 1.58. The molecule has 0 amide bonds. The molecule has 0 aromatic heterocycles. The van der Waals surface area contributed by atoms with E-state index >= 15 is 0 Å². The van der Waals surface area contributed by atoms with Crippen LogP contribution in [0.2, 0.25) is 0 Å². The van der Waals surface area contributed by atoms with Gasteiger partial charge in [-0.15, -0.1) is 0 Å². The summed E-state index contributed by atoms with van der Waals surface area (Å²) in [6.45, 7) is -0.0312. The van der Waals surface area contributed by atoms with Crippen LogP contribution in [0.1, 0.15) is 4.28 Å². The molecule has 0 aromatic carbocycles. The van der Waals surface area contributed by atoms with E-state index < -0.39 is 0 Å². The Balaban J connectivity index is -0.00000000833. The monoisotopic (exact) mass is 161 g/mol. The molecule has 6 heteroatoms. The first-order chi connectivity index (χ1) is 2.81. The SMILES string of the molecule is COC(=O)CN.[H-].[H-].[H-].[Na+].[Na+].[Na+]. The van der Waals surface area contributed by atoms with Crippen molar-refractivity contribution in [1.82, 2.24) is 0 Å². The van der Waals surface area contributed by atoms with Gasteiger partial charge in [0.05, 0.1) is 13.7 Å². The first kappa shape index (κ1) is 22.5. The maximum Gasteiger partial charge on any atom is 1.00 e. The Morgan fingerprint density at radius 3 is 1.89 bits per heavy atom. The van der Waals surface area contributed by atoms with Crippen molar-refractivity contribution in [2.24, 2.45) is 5.73 Å². The van der Waals surface area contributed by atoms with E-state index in [9.17, 15) is 4.79 Å². The normalized spacial score (nSPS) is 5.11. The molecule has 0 rings (SSSR count). The Morgan fingerprint density at radius 1 is 1.56 bits per heavy atom. The van der Waals surface area contributed by atoms with Crippen molar-refractivity contribution < 1.29 is 102 Å². The van der Waals surface area contributed by atoms with Gasteiger partial charge < -0.3 is 14.8 Å². The third-order valence-electron chi connectivity index (χ3n) is 0.394. The van der Waals surface area contributed by atoms with Gasteiger partial charge >= 0.3 is 94.6 Å². The Morgan fingerprint density at radius 2 is 1.89 bits per heavy atom. The molecule has 3 nitrogen and oxygen atoms in total. The number of hydrogen-bond acceptors (Lipinski definition) is 3. The fourth-order valence-corrected chi connectivity index (χ4v) is 0.0833. The summed E-state index contributed by atoms with van der Waals surface area (Å²) in [4.78, 5) is 9.83. The van der Waals surface area contributed by atoms with Gasteiger partial charge in [-0.3, -0.25) is 4.79 Å². The Kier molecular flexibility index (Phi) is 42.0. The molecule has 0 atom stereocenters. The quantitative estimate of drug-likeness (QED) is 0.307. The molecule has 0 saturated carbocycles. The molecule has 9 heavy (non-hydrogen) atoms. The van der Waals surface area contributed by atoms with E-state index in [1.165, 1.54) is 7.11 Å². The summed E-state index contributed by atoms with van der Waals surface area (Å²) in [6.07, 6.45) is 0. The summed E-state index contributed by atoms with van der Waals surface area (Å²) >= 11 is 0. The molecule has 0 aliphatic rings. The van der Waals surface area contributed by atoms with Crippen LogP contribution in [0.25, 0.3) is 0 Å². The summed E-state index contributed by atoms with van der Waals surface area (Å²) in [5.74, 6) is -0.380. The number of rotatable bonds is 1. The zero-order chi connectivity index (χ0) is 4.99. The van der Waals surface area contributed by atoms with Gasteiger partial charge in [0.1, 0.15) is 0 Å². The summed E-state index contributed by atoms with van der Waals surface area (Å²) in [5.41, 5.74) is 4.81. The van der Waals surface area contributed by atoms with Crippen molar-refractivity contribution in [3.05, 3.63) is 0 Å². The Hall–Kier alpha value is 2.43. The van der Waals surface area contributed by atoms with Crippen molar-refractivity contribution >= 4 is 5.97 Å². The molecular weight excluding hydrogens is 151 g/mol. The van der Waals surface area contributed by atoms with Gasteiger partial charge in [-0.1, -0.05) is 0 Å². The zero-order valence-corrected chi connectivity index (χ0v) is 12.6. The van der Waals surface area contributed by atoms with Crippen molar-refractivity contribution in [2.75, 3.05) is 13.7 Å². The van der Waals surface area contributed by atoms with Gasteiger partial charge in [-0.2, -0.15) is 0 Å². The summed E-state index contributed by atoms with van der Waals surface area (Å²) in [7, 11) is 1.30. The van der Waals surface area contributed by atoms with Crippen LogP contribution >= 0.6 is 0 Å². The number of esters is 1. The van der Waals surface area contributed by atoms with E-state index in [0.29, 0.717) is 0 Å². The van der Waals surface area contributed by atoms with E-state index in [1.807, 2.05) is 0 Å². The molecule has 0 unspecified atom stereocenters. The van der Waals surface area contributed by atoms with Crippen molar-refractivity contribution in [2.45, 2.75) is 0 Å². The fourth-order valence-electron chi connectivity index (χ4n) is 0.0833. The Labute approximate surface area is 126 Å². The molecule has 2 N–H and O–H groups in total. The Bertz CT molecular complexity index is 64.8. The summed E-state index contributed by atoms with van der Waals surface area (Å²) in [6, 6.07) is 0. The zero-order valence-electron chi connectivity index (χ0n) is 9.60. The third kappa shape index (κ3) is 17.9. The van der Waals surface area contributed by atoms with Crippen molar-refractivity contribution in [3.63, 3.8) is 0 Å². The molecule has 0 aliphatic heterocycles. The maximum atomic E-state index is 9.83. The van der Waals surface area contributed by atoms with Crippen LogP contribution in [0.15, 0.2) is 0 Å². The number of hydrogen-bond donors (Lipinski definition) is 1. The summed E-state index contributed by atoms with van der Waals surface area (Å²) < 4.78 is 4.14. The van der Waals surface area contributed by atoms with Crippen LogP contribution in [-0.2, 0) is 9.53 Å². The molecule has 0 aliphatic carbocycles. The van der Waals surface area contributed by atoms with Gasteiger partial charge in [0.15, 0.2) is 0 Å². The maximum absolute atomic E-state index is 9.83. The largest absolute Gasteiger partial charge is 1.00 e. The molecule has 42 valence electrons. The third-order valence-corrected chi connectivity index (χ3v) is 0.394. The van der Waals surface area contributed by atoms with E-state index in [-0.39, 0.29) is 105 Å². The average Bonchev–Trinajstić information content (AvgIpc) is 1.65. The van der Waals surface area contributed by atoms with Gasteiger partial charge in [0.25, 0.3) is 0 Å². The number of carbonyl (C=O) groups excluding carboxylic acids is 1. The van der Waals surface area contributed by atoms with Crippen LogP contribution in [0, 0.1) is 0 Å². The van der Waals surface area contributed by atoms with Crippen LogP contribution in [0.4, 0.5) is 0 Å². The van der Waals surface area contributed by atoms with Gasteiger partial charge in [-0.25, -0.2) is 0 Å². The molecule has 0 radical (unpaired) electrons. The second kappa shape index (κ2) is 16.8. The fraction of sp³-hybridized carbons (Fsp3) is 0.667. The topological polar surface area (TPSA) is 52.3 Å². The van der Waals surface area contributed by atoms with Crippen molar-refractivity contribution in [1.29, 1.82) is 0 Å². The predicted molar refractivity (Wildman–Crippen MR) is 24.4 cm³/mol. The minimum atomic E-state index is -0.380. The van der Waals surface area contributed by atoms with Crippen molar-refractivity contribution in [3.8, 4) is 0 Å². The average molecular weight is 161 g/mol. The molecule has 0 heterocycles. The molecule has 0 spiro atoms. The molecule has 0 aromatic rings. The molecule has 0 saturated heterocycles. The molecule has 0 fully saturated rings. The van der Waals surface area contributed by atoms with Crippen LogP contribution in [0.5, 0.6) is 0 Å². The molecule has 0 bridgehead atoms. The number of carbonyl (C=O) groups is 1. The van der Waals surface area contributed by atoms with Crippen LogP contribution in [0.3, 0.4) is 0 Å². The van der Waals surface area contributed by atoms with Gasteiger partial charge in [0.2, 0.25) is 0 Å². The van der Waals surface area contributed by atoms with Crippen LogP contribution in [-0.4, -0.2) is 19.6 Å². The van der Waals surface area contributed by atoms with E-state index in [2.05, 4.69) is 4.74 Å². The number of nitrogens with two attached hydrogens (primary N) is 1. The second-order valence-electron chi connectivity index (χ2n) is 0.780. The molecular formula is C3H10NNa3O2. The smallest absolute Gasteiger partial charge is 1.00 e. The number of methoxy groups -OCH3 is 1. The van der Waals surface area contributed by atoms with E-state index in [4.69, 9.17) is 5.73 Å². The van der Waals surface area contributed by atoms with Crippen LogP contribution < -0.4 is 94.4 Å². The second-order valence-corrected chi connectivity index (χ2v) is 0.780. The minimum Gasteiger partial charge on any atom is -1.00 e. The predicted octanol–water partition coefficient (Wildman–Crippen LogP) is -9.53. The van der Waals surface area contributed by atoms with E-state index in [0.717, 1.165) is 0 Å². The standard InChI is InChI=1S/C3H7NO2.3Na.3H/c1-6-3(5)2-4;;;;;;/h2,4H2,1H3;;;;;;/q;3*+1;3*-1. The van der Waals surface area contributed by atoms with Gasteiger partial charge in [0, 0.05) is 0 Å². The minimum absolute atomic E-state index is 0.